The van der Waals surface area contributed by atoms with Gasteiger partial charge in [-0.15, -0.1) is 11.3 Å². The average molecular weight is 448 g/mol. The smallest absolute Gasteiger partial charge is 0.278 e. The van der Waals surface area contributed by atoms with Gasteiger partial charge in [-0.2, -0.15) is 0 Å². The van der Waals surface area contributed by atoms with E-state index in [0.717, 1.165) is 23.7 Å². The first-order valence-corrected chi connectivity index (χ1v) is 11.2. The number of nitro groups is 1. The maximum Gasteiger partial charge on any atom is 0.278 e. The lowest BCUT2D eigenvalue weighted by atomic mass is 10.1. The van der Waals surface area contributed by atoms with Gasteiger partial charge in [0.1, 0.15) is 0 Å². The average Bonchev–Trinajstić information content (AvgIpc) is 3.38. The highest BCUT2D eigenvalue weighted by Gasteiger charge is 2.25. The molecular weight excluding hydrogens is 426 g/mol. The van der Waals surface area contributed by atoms with Crippen molar-refractivity contribution in [2.75, 3.05) is 19.6 Å². The predicted molar refractivity (Wildman–Crippen MR) is 122 cm³/mol. The van der Waals surface area contributed by atoms with Crippen LogP contribution in [0.15, 0.2) is 66.2 Å². The second kappa shape index (κ2) is 8.52. The molecule has 162 valence electrons. The van der Waals surface area contributed by atoms with Crippen LogP contribution in [0.2, 0.25) is 0 Å². The lowest BCUT2D eigenvalue weighted by Crippen LogP contribution is -2.49. The molecule has 1 aliphatic heterocycles. The molecule has 4 aromatic rings. The minimum Gasteiger partial charge on any atom is -0.334 e. The molecule has 1 amide bonds. The number of nitrogens with zero attached hydrogens (tertiary/aromatic N) is 5. The van der Waals surface area contributed by atoms with Crippen molar-refractivity contribution in [2.45, 2.75) is 13.1 Å². The fourth-order valence-corrected chi connectivity index (χ4v) is 4.88. The number of benzene rings is 2. The van der Waals surface area contributed by atoms with Gasteiger partial charge in [0.2, 0.25) is 5.91 Å². The van der Waals surface area contributed by atoms with Crippen molar-refractivity contribution in [3.8, 4) is 11.3 Å². The Hall–Kier alpha value is -3.56. The fourth-order valence-electron chi connectivity index (χ4n) is 4.02. The highest BCUT2D eigenvalue weighted by molar-refractivity contribution is 7.15. The van der Waals surface area contributed by atoms with Crippen LogP contribution >= 0.6 is 11.3 Å². The number of para-hydroxylation sites is 1. The van der Waals surface area contributed by atoms with Crippen LogP contribution in [0.3, 0.4) is 0 Å². The molecule has 0 atom stereocenters. The zero-order valence-corrected chi connectivity index (χ0v) is 18.1. The van der Waals surface area contributed by atoms with Crippen LogP contribution in [0, 0.1) is 10.1 Å². The molecular formula is C23H21N5O3S. The van der Waals surface area contributed by atoms with E-state index in [1.165, 1.54) is 23.0 Å². The van der Waals surface area contributed by atoms with Crippen LogP contribution in [0.5, 0.6) is 0 Å². The fraction of sp³-hybridized carbons (Fsp3) is 0.217. The summed E-state index contributed by atoms with van der Waals surface area (Å²) in [4.78, 5) is 33.2. The third kappa shape index (κ3) is 4.00. The van der Waals surface area contributed by atoms with E-state index in [1.54, 1.807) is 18.2 Å². The van der Waals surface area contributed by atoms with Gasteiger partial charge in [-0.3, -0.25) is 24.2 Å². The number of piperazine rings is 1. The number of rotatable bonds is 6. The minimum atomic E-state index is -0.392. The van der Waals surface area contributed by atoms with Crippen molar-refractivity contribution in [3.05, 3.63) is 87.5 Å². The molecule has 2 aromatic heterocycles. The molecule has 9 heteroatoms. The van der Waals surface area contributed by atoms with Crippen LogP contribution in [-0.2, 0) is 17.9 Å². The summed E-state index contributed by atoms with van der Waals surface area (Å²) < 4.78 is 1.93. The van der Waals surface area contributed by atoms with E-state index < -0.39 is 4.92 Å². The van der Waals surface area contributed by atoms with Crippen molar-refractivity contribution in [1.29, 1.82) is 0 Å². The molecule has 2 aromatic carbocycles. The van der Waals surface area contributed by atoms with Crippen LogP contribution in [0.4, 0.5) is 5.69 Å². The summed E-state index contributed by atoms with van der Waals surface area (Å²) in [5.41, 5.74) is 3.24. The predicted octanol–water partition coefficient (Wildman–Crippen LogP) is 3.82. The quantitative estimate of drug-likeness (QED) is 0.331. The first kappa shape index (κ1) is 20.3. The van der Waals surface area contributed by atoms with Gasteiger partial charge in [0.25, 0.3) is 5.69 Å². The molecule has 3 heterocycles. The van der Waals surface area contributed by atoms with Crippen molar-refractivity contribution < 1.29 is 9.72 Å². The first-order valence-electron chi connectivity index (χ1n) is 10.3. The van der Waals surface area contributed by atoms with Gasteiger partial charge in [0.05, 0.1) is 35.0 Å². The lowest BCUT2D eigenvalue weighted by Gasteiger charge is -2.34. The molecule has 0 N–H and O–H groups in total. The first-order chi connectivity index (χ1) is 15.6. The Morgan fingerprint density at radius 3 is 2.59 bits per heavy atom. The van der Waals surface area contributed by atoms with Gasteiger partial charge in [-0.1, -0.05) is 42.5 Å². The molecule has 0 saturated carbocycles. The maximum atomic E-state index is 12.8. The highest BCUT2D eigenvalue weighted by Crippen LogP contribution is 2.31. The largest absolute Gasteiger partial charge is 0.334 e. The van der Waals surface area contributed by atoms with Gasteiger partial charge in [-0.05, 0) is 11.6 Å². The summed E-state index contributed by atoms with van der Waals surface area (Å²) in [6.45, 7) is 3.14. The van der Waals surface area contributed by atoms with Crippen molar-refractivity contribution in [1.82, 2.24) is 19.2 Å². The molecule has 5 rings (SSSR count). The number of nitro benzene ring substituents is 1. The zero-order chi connectivity index (χ0) is 22.1. The molecule has 0 aliphatic carbocycles. The summed E-state index contributed by atoms with van der Waals surface area (Å²) in [6, 6.07) is 16.8. The Kier molecular flexibility index (Phi) is 5.42. The van der Waals surface area contributed by atoms with Crippen LogP contribution < -0.4 is 0 Å². The molecule has 0 spiro atoms. The Balaban J connectivity index is 1.31. The van der Waals surface area contributed by atoms with E-state index in [0.29, 0.717) is 30.9 Å². The van der Waals surface area contributed by atoms with E-state index in [9.17, 15) is 14.9 Å². The number of fused-ring (bicyclic) bond motifs is 1. The Morgan fingerprint density at radius 1 is 1.03 bits per heavy atom. The van der Waals surface area contributed by atoms with E-state index in [2.05, 4.69) is 22.0 Å². The Bertz CT molecular complexity index is 1280. The molecule has 0 unspecified atom stereocenters. The number of carbonyl (C=O) groups excluding carboxylic acids is 1. The maximum absolute atomic E-state index is 12.8. The minimum absolute atomic E-state index is 0.0320. The van der Waals surface area contributed by atoms with E-state index in [1.807, 2.05) is 39.1 Å². The lowest BCUT2D eigenvalue weighted by molar-refractivity contribution is -0.384. The van der Waals surface area contributed by atoms with Gasteiger partial charge >= 0.3 is 0 Å². The Morgan fingerprint density at radius 2 is 1.81 bits per heavy atom. The molecule has 1 fully saturated rings. The summed E-state index contributed by atoms with van der Waals surface area (Å²) in [6.07, 6.45) is 1.82. The number of imidazole rings is 1. The topological polar surface area (TPSA) is 84.0 Å². The summed E-state index contributed by atoms with van der Waals surface area (Å²) in [7, 11) is 0. The molecule has 1 saturated heterocycles. The summed E-state index contributed by atoms with van der Waals surface area (Å²) in [5, 5.41) is 13.4. The zero-order valence-electron chi connectivity index (χ0n) is 17.3. The normalized spacial score (nSPS) is 14.9. The van der Waals surface area contributed by atoms with Crippen molar-refractivity contribution >= 4 is 27.9 Å². The second-order valence-corrected chi connectivity index (χ2v) is 8.63. The SMILES string of the molecule is O=C1CN(Cc2ccccc2)CCN1Cc1csc2nc(-c3ccccc3[N+](=O)[O-])cn12. The molecule has 1 aliphatic rings. The number of amides is 1. The molecule has 8 nitrogen and oxygen atoms in total. The van der Waals surface area contributed by atoms with Crippen LogP contribution in [0.25, 0.3) is 16.2 Å². The molecule has 0 radical (unpaired) electrons. The van der Waals surface area contributed by atoms with Gasteiger partial charge in [-0.25, -0.2) is 4.98 Å². The molecule has 32 heavy (non-hydrogen) atoms. The molecule has 0 bridgehead atoms. The van der Waals surface area contributed by atoms with Crippen LogP contribution in [-0.4, -0.2) is 49.6 Å². The van der Waals surface area contributed by atoms with Gasteiger partial charge in [0.15, 0.2) is 4.96 Å². The second-order valence-electron chi connectivity index (χ2n) is 7.79. The van der Waals surface area contributed by atoms with Crippen molar-refractivity contribution in [2.24, 2.45) is 0 Å². The Labute approximate surface area is 188 Å². The van der Waals surface area contributed by atoms with E-state index in [4.69, 9.17) is 0 Å². The summed E-state index contributed by atoms with van der Waals surface area (Å²) in [5.74, 6) is 0.102. The highest BCUT2D eigenvalue weighted by atomic mass is 32.1. The summed E-state index contributed by atoms with van der Waals surface area (Å²) >= 11 is 1.47. The van der Waals surface area contributed by atoms with Crippen LogP contribution in [0.1, 0.15) is 11.3 Å². The monoisotopic (exact) mass is 447 g/mol. The standard InChI is InChI=1S/C23H21N5O3S/c29-22-15-25(12-17-6-2-1-3-7-17)10-11-26(22)13-18-16-32-23-24-20(14-27(18)23)19-8-4-5-9-21(19)28(30)31/h1-9,14,16H,10-13,15H2. The van der Waals surface area contributed by atoms with Gasteiger partial charge in [0, 0.05) is 37.3 Å². The third-order valence-electron chi connectivity index (χ3n) is 5.66. The number of hydrogen-bond donors (Lipinski definition) is 0. The number of thiazole rings is 1. The number of hydrogen-bond acceptors (Lipinski definition) is 6. The van der Waals surface area contributed by atoms with E-state index >= 15 is 0 Å². The van der Waals surface area contributed by atoms with Gasteiger partial charge < -0.3 is 4.90 Å². The van der Waals surface area contributed by atoms with Crippen molar-refractivity contribution in [3.63, 3.8) is 0 Å². The number of carbonyl (C=O) groups is 1. The number of aromatic nitrogens is 2. The third-order valence-corrected chi connectivity index (χ3v) is 6.55. The van der Waals surface area contributed by atoms with E-state index in [-0.39, 0.29) is 11.6 Å².